The summed E-state index contributed by atoms with van der Waals surface area (Å²) in [6.45, 7) is 0. The van der Waals surface area contributed by atoms with Crippen molar-refractivity contribution in [1.82, 2.24) is 32.4 Å². The van der Waals surface area contributed by atoms with E-state index in [1.807, 2.05) is 0 Å². The summed E-state index contributed by atoms with van der Waals surface area (Å²) in [6.07, 6.45) is 0. The Hall–Kier alpha value is -13.8. The van der Waals surface area contributed by atoms with Crippen molar-refractivity contribution in [3.63, 3.8) is 0 Å². The van der Waals surface area contributed by atoms with Gasteiger partial charge >= 0.3 is 0 Å². The summed E-state index contributed by atoms with van der Waals surface area (Å²) < 4.78 is 14.0. The molecule has 0 fully saturated rings. The first kappa shape index (κ1) is 58.4. The summed E-state index contributed by atoms with van der Waals surface area (Å²) in [4.78, 5) is 5.18. The molecule has 0 N–H and O–H groups in total. The second kappa shape index (κ2) is 24.1. The van der Waals surface area contributed by atoms with E-state index in [1.54, 1.807) is 0 Å². The number of para-hydroxylation sites is 12. The van der Waals surface area contributed by atoms with Crippen LogP contribution in [0, 0.1) is 0 Å². The molecule has 0 amide bonds. The fourth-order valence-corrected chi connectivity index (χ4v) is 16.2. The smallest absolute Gasteiger partial charge is 0.140 e. The Morgan fingerprint density at radius 2 is 0.304 bits per heavy atom. The SMILES string of the molecule is c1cc(-c2cccc(-n3c4ccccc4c4ccccc43)c2)cc(-n2c3ccccc3c3ccccc32)c1.c1cc(-n2c3ccccc3c3ccccc32)cc(-n2c3ccccc3c3ccccc32)c1.c1cc(-n2c3ccccc3c3ccccc32)nc(-n2c3ccccc3c3ccccc32)c1. The largest absolute Gasteiger partial charge is 0.309 e. The van der Waals surface area contributed by atoms with Gasteiger partial charge in [-0.1, -0.05) is 255 Å². The Balaban J connectivity index is 0.000000103. The molecule has 0 unspecified atom stereocenters. The highest BCUT2D eigenvalue weighted by Gasteiger charge is 2.20. The van der Waals surface area contributed by atoms with Crippen LogP contribution in [0.1, 0.15) is 0 Å². The predicted molar refractivity (Wildman–Crippen MR) is 429 cm³/mol. The van der Waals surface area contributed by atoms with E-state index < -0.39 is 0 Å². The molecule has 0 aliphatic rings. The summed E-state index contributed by atoms with van der Waals surface area (Å²) in [6, 6.07) is 136. The van der Waals surface area contributed by atoms with Crippen LogP contribution >= 0.6 is 0 Å². The van der Waals surface area contributed by atoms with Gasteiger partial charge in [0.1, 0.15) is 11.6 Å². The topological polar surface area (TPSA) is 42.5 Å². The van der Waals surface area contributed by atoms with Crippen molar-refractivity contribution >= 4 is 131 Å². The molecule has 0 saturated carbocycles. The first-order valence-electron chi connectivity index (χ1n) is 34.9. The maximum Gasteiger partial charge on any atom is 0.140 e. The molecule has 0 bridgehead atoms. The fourth-order valence-electron chi connectivity index (χ4n) is 16.2. The molecule has 0 atom stereocenters. The average Bonchev–Trinajstić information content (AvgIpc) is 1.60. The molecule has 7 heterocycles. The van der Waals surface area contributed by atoms with Crippen molar-refractivity contribution in [3.8, 4) is 45.5 Å². The molecule has 22 rings (SSSR count). The van der Waals surface area contributed by atoms with Gasteiger partial charge in [-0.2, -0.15) is 0 Å². The van der Waals surface area contributed by atoms with Crippen molar-refractivity contribution in [3.05, 3.63) is 382 Å². The molecule has 22 aromatic rings. The normalized spacial score (nSPS) is 11.7. The van der Waals surface area contributed by atoms with E-state index in [9.17, 15) is 0 Å². The average molecular weight is 1300 g/mol. The molecule has 0 spiro atoms. The third-order valence-electron chi connectivity index (χ3n) is 20.5. The van der Waals surface area contributed by atoms with Gasteiger partial charge in [-0.15, -0.1) is 0 Å². The monoisotopic (exact) mass is 1300 g/mol. The van der Waals surface area contributed by atoms with E-state index >= 15 is 0 Å². The molecule has 7 aromatic heterocycles. The van der Waals surface area contributed by atoms with Crippen LogP contribution in [0.25, 0.3) is 176 Å². The number of benzene rings is 15. The zero-order valence-electron chi connectivity index (χ0n) is 55.5. The first-order chi connectivity index (χ1) is 50.7. The Labute approximate surface area is 587 Å². The molecular formula is C95H63N7. The first-order valence-corrected chi connectivity index (χ1v) is 34.9. The number of hydrogen-bond donors (Lipinski definition) is 0. The molecule has 0 saturated heterocycles. The van der Waals surface area contributed by atoms with Crippen molar-refractivity contribution in [2.24, 2.45) is 0 Å². The van der Waals surface area contributed by atoms with Gasteiger partial charge in [-0.3, -0.25) is 9.13 Å². The lowest BCUT2D eigenvalue weighted by Gasteiger charge is -2.12. The van der Waals surface area contributed by atoms with E-state index in [-0.39, 0.29) is 0 Å². The quantitative estimate of drug-likeness (QED) is 0.157. The Morgan fingerprint density at radius 1 is 0.137 bits per heavy atom. The highest BCUT2D eigenvalue weighted by atomic mass is 15.1. The van der Waals surface area contributed by atoms with E-state index in [2.05, 4.69) is 410 Å². The Bertz CT molecular complexity index is 6040. The summed E-state index contributed by atoms with van der Waals surface area (Å²) in [5.41, 5.74) is 21.6. The minimum atomic E-state index is 0.918. The molecule has 7 heteroatoms. The van der Waals surface area contributed by atoms with Crippen molar-refractivity contribution in [2.75, 3.05) is 0 Å². The Kier molecular flexibility index (Phi) is 13.8. The fraction of sp³-hybridized carbons (Fsp3) is 0. The van der Waals surface area contributed by atoms with E-state index in [0.717, 1.165) is 11.6 Å². The van der Waals surface area contributed by atoms with Crippen LogP contribution < -0.4 is 0 Å². The molecule has 0 aliphatic carbocycles. The van der Waals surface area contributed by atoms with Crippen LogP contribution in [-0.2, 0) is 0 Å². The van der Waals surface area contributed by atoms with Crippen molar-refractivity contribution in [2.45, 2.75) is 0 Å². The maximum absolute atomic E-state index is 5.18. The molecule has 15 aromatic carbocycles. The number of rotatable bonds is 7. The maximum atomic E-state index is 5.18. The third-order valence-corrected chi connectivity index (χ3v) is 20.5. The van der Waals surface area contributed by atoms with Crippen molar-refractivity contribution in [1.29, 1.82) is 0 Å². The van der Waals surface area contributed by atoms with Crippen LogP contribution in [0.5, 0.6) is 0 Å². The summed E-state index contributed by atoms with van der Waals surface area (Å²) in [7, 11) is 0. The summed E-state index contributed by atoms with van der Waals surface area (Å²) in [5, 5.41) is 15.2. The van der Waals surface area contributed by atoms with Gasteiger partial charge in [0, 0.05) is 87.4 Å². The van der Waals surface area contributed by atoms with Crippen LogP contribution in [0.15, 0.2) is 382 Å². The van der Waals surface area contributed by atoms with Crippen LogP contribution in [0.2, 0.25) is 0 Å². The number of hydrogen-bond acceptors (Lipinski definition) is 1. The number of aromatic nitrogens is 7. The van der Waals surface area contributed by atoms with E-state index in [0.29, 0.717) is 0 Å². The highest BCUT2D eigenvalue weighted by Crippen LogP contribution is 2.40. The zero-order chi connectivity index (χ0) is 67.2. The van der Waals surface area contributed by atoms with E-state index in [4.69, 9.17) is 4.98 Å². The van der Waals surface area contributed by atoms with Gasteiger partial charge < -0.3 is 18.3 Å². The lowest BCUT2D eigenvalue weighted by atomic mass is 10.0. The van der Waals surface area contributed by atoms with E-state index in [1.165, 1.54) is 165 Å². The summed E-state index contributed by atoms with van der Waals surface area (Å²) in [5.74, 6) is 1.84. The van der Waals surface area contributed by atoms with Gasteiger partial charge in [-0.05, 0) is 139 Å². The number of fused-ring (bicyclic) bond motifs is 18. The second-order valence-electron chi connectivity index (χ2n) is 26.2. The third kappa shape index (κ3) is 9.40. The van der Waals surface area contributed by atoms with Gasteiger partial charge in [0.2, 0.25) is 0 Å². The predicted octanol–water partition coefficient (Wildman–Crippen LogP) is 24.7. The van der Waals surface area contributed by atoms with Crippen LogP contribution in [0.3, 0.4) is 0 Å². The number of nitrogens with zero attached hydrogens (tertiary/aromatic N) is 7. The highest BCUT2D eigenvalue weighted by molar-refractivity contribution is 6.14. The molecular weight excluding hydrogens is 1240 g/mol. The van der Waals surface area contributed by atoms with Gasteiger partial charge in [0.25, 0.3) is 0 Å². The molecule has 478 valence electrons. The molecule has 7 nitrogen and oxygen atoms in total. The Morgan fingerprint density at radius 3 is 0.520 bits per heavy atom. The zero-order valence-corrected chi connectivity index (χ0v) is 55.5. The minimum Gasteiger partial charge on any atom is -0.309 e. The second-order valence-corrected chi connectivity index (χ2v) is 26.2. The molecule has 0 aliphatic heterocycles. The summed E-state index contributed by atoms with van der Waals surface area (Å²) >= 11 is 0. The van der Waals surface area contributed by atoms with Crippen molar-refractivity contribution < 1.29 is 0 Å². The minimum absolute atomic E-state index is 0.918. The lowest BCUT2D eigenvalue weighted by molar-refractivity contribution is 1.01. The standard InChI is InChI=1S/C36H24N2.C30H20N2.C29H19N3/c1-5-19-33-29(15-1)30-16-2-6-20-34(30)37(33)27-13-9-11-25(23-27)26-12-10-14-28(24-26)38-35-21-7-3-17-31(35)32-18-4-8-22-36(32)38;1-5-16-27-23(12-1)24-13-2-6-17-28(24)31(27)21-10-9-11-22(20-21)32-29-18-7-3-14-25(29)26-15-4-8-19-30(26)32;1-5-14-24-20(10-1)21-11-2-6-15-25(21)31(24)28-18-9-19-29(30-28)32-26-16-7-3-12-22(26)23-13-4-8-17-27(23)32/h1-24H;1-20H;1-19H. The lowest BCUT2D eigenvalue weighted by Crippen LogP contribution is -2.02. The van der Waals surface area contributed by atoms with Gasteiger partial charge in [0.05, 0.1) is 66.2 Å². The van der Waals surface area contributed by atoms with Gasteiger partial charge in [-0.25, -0.2) is 4.98 Å². The van der Waals surface area contributed by atoms with Gasteiger partial charge in [0.15, 0.2) is 0 Å². The molecule has 0 radical (unpaired) electrons. The van der Waals surface area contributed by atoms with Crippen LogP contribution in [0.4, 0.5) is 0 Å². The number of pyridine rings is 1. The molecule has 102 heavy (non-hydrogen) atoms. The van der Waals surface area contributed by atoms with Crippen LogP contribution in [-0.4, -0.2) is 32.4 Å².